The van der Waals surface area contributed by atoms with Crippen molar-refractivity contribution in [1.29, 1.82) is 0 Å². The molecule has 0 saturated carbocycles. The number of nitrogens with zero attached hydrogens (tertiary/aromatic N) is 2. The van der Waals surface area contributed by atoms with Crippen molar-refractivity contribution >= 4 is 21.5 Å². The van der Waals surface area contributed by atoms with Gasteiger partial charge in [-0.25, -0.2) is 9.97 Å². The third kappa shape index (κ3) is 4.40. The Kier molecular flexibility index (Phi) is 6.20. The second-order valence-corrected chi connectivity index (χ2v) is 13.0. The molecule has 8 aromatic rings. The highest BCUT2D eigenvalue weighted by molar-refractivity contribution is 6.04. The van der Waals surface area contributed by atoms with Gasteiger partial charge < -0.3 is 0 Å². The maximum absolute atomic E-state index is 5.33. The molecular formula is C45H32N2. The fourth-order valence-corrected chi connectivity index (χ4v) is 7.52. The van der Waals surface area contributed by atoms with Crippen LogP contribution < -0.4 is 0 Å². The predicted molar refractivity (Wildman–Crippen MR) is 196 cm³/mol. The average Bonchev–Trinajstić information content (AvgIpc) is 3.36. The highest BCUT2D eigenvalue weighted by Crippen LogP contribution is 2.53. The van der Waals surface area contributed by atoms with E-state index < -0.39 is 0 Å². The standard InChI is InChI=1S/C45H32N2/c1-45(2)38-23-13-22-36(42(38)37-26-32-19-9-10-20-33(32)27-39(37)45)40-28-41(47-44(46-40)31-17-7-4-8-18-31)43-34-21-12-11-16-30(34)24-25-35(43)29-14-5-3-6-15-29/h3-28H,1-2H3. The lowest BCUT2D eigenvalue weighted by Crippen LogP contribution is -2.14. The van der Waals surface area contributed by atoms with Crippen LogP contribution in [0.5, 0.6) is 0 Å². The van der Waals surface area contributed by atoms with Gasteiger partial charge in [0.2, 0.25) is 0 Å². The maximum atomic E-state index is 5.33. The summed E-state index contributed by atoms with van der Waals surface area (Å²) in [6.45, 7) is 4.69. The normalized spacial score (nSPS) is 13.1. The van der Waals surface area contributed by atoms with Crippen LogP contribution in [0.3, 0.4) is 0 Å². The molecule has 0 saturated heterocycles. The van der Waals surface area contributed by atoms with E-state index in [-0.39, 0.29) is 5.41 Å². The largest absolute Gasteiger partial charge is 0.228 e. The Labute approximate surface area is 275 Å². The van der Waals surface area contributed by atoms with Crippen LogP contribution in [-0.2, 0) is 5.41 Å². The smallest absolute Gasteiger partial charge is 0.160 e. The summed E-state index contributed by atoms with van der Waals surface area (Å²) in [5.41, 5.74) is 12.5. The van der Waals surface area contributed by atoms with Crippen molar-refractivity contribution < 1.29 is 0 Å². The topological polar surface area (TPSA) is 25.8 Å². The summed E-state index contributed by atoms with van der Waals surface area (Å²) in [5.74, 6) is 0.721. The number of hydrogen-bond acceptors (Lipinski definition) is 2. The fourth-order valence-electron chi connectivity index (χ4n) is 7.52. The van der Waals surface area contributed by atoms with Crippen LogP contribution in [0.4, 0.5) is 0 Å². The molecule has 2 heteroatoms. The molecule has 7 aromatic carbocycles. The zero-order valence-corrected chi connectivity index (χ0v) is 26.4. The van der Waals surface area contributed by atoms with Crippen molar-refractivity contribution in [2.45, 2.75) is 19.3 Å². The molecule has 2 nitrogen and oxygen atoms in total. The molecule has 0 N–H and O–H groups in total. The van der Waals surface area contributed by atoms with Crippen LogP contribution >= 0.6 is 0 Å². The van der Waals surface area contributed by atoms with Gasteiger partial charge in [-0.3, -0.25) is 0 Å². The maximum Gasteiger partial charge on any atom is 0.160 e. The molecule has 1 heterocycles. The number of aromatic nitrogens is 2. The lowest BCUT2D eigenvalue weighted by Gasteiger charge is -2.22. The summed E-state index contributed by atoms with van der Waals surface area (Å²) in [6.07, 6.45) is 0. The van der Waals surface area contributed by atoms with Gasteiger partial charge in [0.15, 0.2) is 5.82 Å². The Balaban J connectivity index is 1.36. The third-order valence-corrected chi connectivity index (χ3v) is 9.87. The molecule has 0 bridgehead atoms. The van der Waals surface area contributed by atoms with E-state index in [0.29, 0.717) is 0 Å². The predicted octanol–water partition coefficient (Wildman–Crippen LogP) is 11.8. The molecule has 0 aliphatic heterocycles. The van der Waals surface area contributed by atoms with E-state index in [1.165, 1.54) is 43.8 Å². The number of rotatable bonds is 4. The number of fused-ring (bicyclic) bond motifs is 5. The molecule has 1 aromatic heterocycles. The van der Waals surface area contributed by atoms with Crippen LogP contribution in [0.2, 0.25) is 0 Å². The molecule has 222 valence electrons. The van der Waals surface area contributed by atoms with E-state index in [1.54, 1.807) is 0 Å². The minimum absolute atomic E-state index is 0.140. The molecule has 0 amide bonds. The van der Waals surface area contributed by atoms with E-state index in [2.05, 4.69) is 166 Å². The Morgan fingerprint density at radius 2 is 1.04 bits per heavy atom. The van der Waals surface area contributed by atoms with Crippen LogP contribution in [0.15, 0.2) is 158 Å². The zero-order chi connectivity index (χ0) is 31.5. The molecule has 0 unspecified atom stereocenters. The zero-order valence-electron chi connectivity index (χ0n) is 26.4. The summed E-state index contributed by atoms with van der Waals surface area (Å²) in [4.78, 5) is 10.7. The molecule has 9 rings (SSSR count). The van der Waals surface area contributed by atoms with Crippen LogP contribution in [0.25, 0.3) is 77.7 Å². The quantitative estimate of drug-likeness (QED) is 0.201. The first-order valence-corrected chi connectivity index (χ1v) is 16.3. The van der Waals surface area contributed by atoms with Gasteiger partial charge in [0.05, 0.1) is 11.4 Å². The lowest BCUT2D eigenvalue weighted by molar-refractivity contribution is 0.661. The first kappa shape index (κ1) is 27.5. The molecular weight excluding hydrogens is 569 g/mol. The summed E-state index contributed by atoms with van der Waals surface area (Å²) in [6, 6.07) is 56.4. The fraction of sp³-hybridized carbons (Fsp3) is 0.0667. The van der Waals surface area contributed by atoms with E-state index in [4.69, 9.17) is 9.97 Å². The highest BCUT2D eigenvalue weighted by atomic mass is 14.9. The van der Waals surface area contributed by atoms with Gasteiger partial charge in [-0.15, -0.1) is 0 Å². The first-order valence-electron chi connectivity index (χ1n) is 16.3. The van der Waals surface area contributed by atoms with E-state index >= 15 is 0 Å². The van der Waals surface area contributed by atoms with E-state index in [0.717, 1.165) is 45.0 Å². The van der Waals surface area contributed by atoms with Gasteiger partial charge in [0.1, 0.15) is 0 Å². The van der Waals surface area contributed by atoms with Crippen molar-refractivity contribution in [1.82, 2.24) is 9.97 Å². The van der Waals surface area contributed by atoms with Crippen molar-refractivity contribution in [3.8, 4) is 56.2 Å². The molecule has 0 fully saturated rings. The summed E-state index contributed by atoms with van der Waals surface area (Å²) in [5, 5.41) is 4.88. The first-order chi connectivity index (χ1) is 23.1. The second kappa shape index (κ2) is 10.6. The molecule has 0 spiro atoms. The average molecular weight is 601 g/mol. The van der Waals surface area contributed by atoms with Gasteiger partial charge in [0, 0.05) is 22.1 Å². The molecule has 1 aliphatic carbocycles. The highest BCUT2D eigenvalue weighted by Gasteiger charge is 2.37. The summed E-state index contributed by atoms with van der Waals surface area (Å²) >= 11 is 0. The Bertz CT molecular complexity index is 2480. The SMILES string of the molecule is CC1(C)c2cc3ccccc3cc2-c2c(-c3cc(-c4c(-c5ccccc5)ccc5ccccc45)nc(-c4ccccc4)n3)cccc21. The Morgan fingerprint density at radius 3 is 1.81 bits per heavy atom. The van der Waals surface area contributed by atoms with Crippen LogP contribution in [-0.4, -0.2) is 9.97 Å². The molecule has 1 aliphatic rings. The van der Waals surface area contributed by atoms with E-state index in [9.17, 15) is 0 Å². The molecule has 47 heavy (non-hydrogen) atoms. The van der Waals surface area contributed by atoms with Gasteiger partial charge in [-0.1, -0.05) is 153 Å². The summed E-state index contributed by atoms with van der Waals surface area (Å²) < 4.78 is 0. The number of benzene rings is 7. The second-order valence-electron chi connectivity index (χ2n) is 13.0. The lowest BCUT2D eigenvalue weighted by atomic mass is 9.81. The Morgan fingerprint density at radius 1 is 0.404 bits per heavy atom. The summed E-state index contributed by atoms with van der Waals surface area (Å²) in [7, 11) is 0. The van der Waals surface area contributed by atoms with Crippen molar-refractivity contribution in [2.75, 3.05) is 0 Å². The van der Waals surface area contributed by atoms with Gasteiger partial charge >= 0.3 is 0 Å². The third-order valence-electron chi connectivity index (χ3n) is 9.87. The van der Waals surface area contributed by atoms with Gasteiger partial charge in [-0.05, 0) is 73.1 Å². The van der Waals surface area contributed by atoms with Crippen molar-refractivity contribution in [2.24, 2.45) is 0 Å². The Hall–Kier alpha value is -5.86. The monoisotopic (exact) mass is 600 g/mol. The number of hydrogen-bond donors (Lipinski definition) is 0. The van der Waals surface area contributed by atoms with Gasteiger partial charge in [-0.2, -0.15) is 0 Å². The van der Waals surface area contributed by atoms with Crippen LogP contribution in [0.1, 0.15) is 25.0 Å². The molecule has 0 atom stereocenters. The minimum Gasteiger partial charge on any atom is -0.228 e. The minimum atomic E-state index is -0.140. The van der Waals surface area contributed by atoms with E-state index in [1.807, 2.05) is 6.07 Å². The molecule has 0 radical (unpaired) electrons. The van der Waals surface area contributed by atoms with Gasteiger partial charge in [0.25, 0.3) is 0 Å². The van der Waals surface area contributed by atoms with Crippen LogP contribution in [0, 0.1) is 0 Å². The van der Waals surface area contributed by atoms with Crippen molar-refractivity contribution in [3.05, 3.63) is 169 Å². The van der Waals surface area contributed by atoms with Crippen molar-refractivity contribution in [3.63, 3.8) is 0 Å².